The zero-order chi connectivity index (χ0) is 28.9. The number of aromatic nitrogens is 2. The van der Waals surface area contributed by atoms with Crippen LogP contribution in [0.15, 0.2) is 81.7 Å². The second-order valence-corrected chi connectivity index (χ2v) is 9.63. The molecule has 1 atom stereocenters. The monoisotopic (exact) mass is 573 g/mol. The zero-order valence-corrected chi connectivity index (χ0v) is 22.4. The molecule has 3 aromatic carbocycles. The van der Waals surface area contributed by atoms with Crippen LogP contribution in [0, 0.1) is 6.92 Å². The van der Waals surface area contributed by atoms with Crippen LogP contribution in [0.3, 0.4) is 0 Å². The number of hydrogen-bond donors (Lipinski definition) is 4. The quantitative estimate of drug-likeness (QED) is 0.165. The van der Waals surface area contributed by atoms with E-state index in [2.05, 4.69) is 26.1 Å². The van der Waals surface area contributed by atoms with Crippen molar-refractivity contribution in [3.63, 3.8) is 0 Å². The van der Waals surface area contributed by atoms with E-state index in [9.17, 15) is 19.5 Å². The third-order valence-corrected chi connectivity index (χ3v) is 6.40. The van der Waals surface area contributed by atoms with Crippen molar-refractivity contribution in [2.45, 2.75) is 25.8 Å². The number of carboxylic acids is 1. The van der Waals surface area contributed by atoms with Crippen LogP contribution in [0.25, 0.3) is 11.1 Å². The van der Waals surface area contributed by atoms with Gasteiger partial charge in [0, 0.05) is 11.8 Å². The summed E-state index contributed by atoms with van der Waals surface area (Å²) in [7, 11) is 0. The first-order valence-electron chi connectivity index (χ1n) is 12.5. The maximum atomic E-state index is 12.7. The van der Waals surface area contributed by atoms with Crippen LogP contribution in [0.5, 0.6) is 0 Å². The second-order valence-electron chi connectivity index (χ2n) is 9.22. The van der Waals surface area contributed by atoms with Crippen LogP contribution in [0.4, 0.5) is 17.4 Å². The summed E-state index contributed by atoms with van der Waals surface area (Å²) < 4.78 is 10.7. The molecule has 0 saturated heterocycles. The number of para-hydroxylation sites is 1. The van der Waals surface area contributed by atoms with Crippen molar-refractivity contribution in [3.8, 4) is 0 Å². The Balaban J connectivity index is 1.22. The van der Waals surface area contributed by atoms with Crippen LogP contribution >= 0.6 is 11.6 Å². The van der Waals surface area contributed by atoms with Gasteiger partial charge in [-0.25, -0.2) is 0 Å². The average Bonchev–Trinajstić information content (AvgIpc) is 3.55. The molecule has 0 bridgehead atoms. The summed E-state index contributed by atoms with van der Waals surface area (Å²) >= 11 is 6.19. The van der Waals surface area contributed by atoms with E-state index in [1.165, 1.54) is 6.07 Å². The zero-order valence-electron chi connectivity index (χ0n) is 21.7. The molecule has 0 spiro atoms. The van der Waals surface area contributed by atoms with Crippen LogP contribution in [0.1, 0.15) is 39.8 Å². The highest BCUT2D eigenvalue weighted by molar-refractivity contribution is 6.33. The molecule has 0 aliphatic heterocycles. The van der Waals surface area contributed by atoms with Gasteiger partial charge in [0.15, 0.2) is 11.3 Å². The first-order valence-corrected chi connectivity index (χ1v) is 12.9. The number of carboxylic acid groups (broad SMARTS) is 1. The Hall–Kier alpha value is -5.16. The maximum absolute atomic E-state index is 12.7. The molecule has 0 radical (unpaired) electrons. The summed E-state index contributed by atoms with van der Waals surface area (Å²) in [6.07, 6.45) is -0.255. The number of carbonyl (C=O) groups excluding carboxylic acids is 2. The molecule has 11 nitrogen and oxygen atoms in total. The predicted octanol–water partition coefficient (Wildman–Crippen LogP) is 5.65. The Morgan fingerprint density at radius 2 is 1.80 bits per heavy atom. The SMILES string of the molecule is Cc1cc(C(=O)NC(CC(=O)O)c2ccc(NC(=O)Cc3ccc4nc(Nc5ccccc5Cl)oc4c3)cc2)no1. The van der Waals surface area contributed by atoms with Crippen molar-refractivity contribution in [1.29, 1.82) is 0 Å². The van der Waals surface area contributed by atoms with Crippen LogP contribution in [-0.4, -0.2) is 33.0 Å². The van der Waals surface area contributed by atoms with Gasteiger partial charge in [-0.2, -0.15) is 4.98 Å². The summed E-state index contributed by atoms with van der Waals surface area (Å²) in [5.74, 6) is -1.44. The topological polar surface area (TPSA) is 160 Å². The van der Waals surface area contributed by atoms with E-state index >= 15 is 0 Å². The third-order valence-electron chi connectivity index (χ3n) is 6.07. The van der Waals surface area contributed by atoms with Gasteiger partial charge in [0.05, 0.1) is 29.6 Å². The molecular formula is C29H24ClN5O6. The van der Waals surface area contributed by atoms with Gasteiger partial charge in [-0.15, -0.1) is 0 Å². The van der Waals surface area contributed by atoms with Gasteiger partial charge in [0.25, 0.3) is 11.9 Å². The van der Waals surface area contributed by atoms with Gasteiger partial charge in [-0.1, -0.05) is 47.1 Å². The van der Waals surface area contributed by atoms with E-state index in [0.29, 0.717) is 38.8 Å². The molecule has 208 valence electrons. The highest BCUT2D eigenvalue weighted by Crippen LogP contribution is 2.27. The van der Waals surface area contributed by atoms with Gasteiger partial charge in [-0.3, -0.25) is 14.4 Å². The maximum Gasteiger partial charge on any atom is 0.305 e. The lowest BCUT2D eigenvalue weighted by molar-refractivity contribution is -0.137. The molecule has 2 amide bonds. The smallest absolute Gasteiger partial charge is 0.305 e. The third kappa shape index (κ3) is 6.89. The number of hydrogen-bond acceptors (Lipinski definition) is 8. The van der Waals surface area contributed by atoms with Crippen molar-refractivity contribution in [2.24, 2.45) is 0 Å². The lowest BCUT2D eigenvalue weighted by Crippen LogP contribution is -2.30. The lowest BCUT2D eigenvalue weighted by Gasteiger charge is -2.17. The minimum Gasteiger partial charge on any atom is -0.481 e. The molecule has 4 N–H and O–H groups in total. The highest BCUT2D eigenvalue weighted by Gasteiger charge is 2.21. The van der Waals surface area contributed by atoms with Gasteiger partial charge in [0.1, 0.15) is 11.3 Å². The molecule has 0 saturated carbocycles. The minimum atomic E-state index is -1.08. The van der Waals surface area contributed by atoms with E-state index in [0.717, 1.165) is 5.56 Å². The molecule has 2 aromatic heterocycles. The molecule has 5 rings (SSSR count). The molecule has 0 aliphatic rings. The molecule has 2 heterocycles. The number of amides is 2. The van der Waals surface area contributed by atoms with Crippen molar-refractivity contribution in [1.82, 2.24) is 15.5 Å². The Morgan fingerprint density at radius 3 is 2.51 bits per heavy atom. The van der Waals surface area contributed by atoms with Crippen LogP contribution in [0.2, 0.25) is 5.02 Å². The largest absolute Gasteiger partial charge is 0.481 e. The Kier molecular flexibility index (Phi) is 7.97. The summed E-state index contributed by atoms with van der Waals surface area (Å²) in [4.78, 5) is 41.0. The molecule has 1 unspecified atom stereocenters. The molecule has 0 aliphatic carbocycles. The second kappa shape index (κ2) is 11.9. The van der Waals surface area contributed by atoms with Gasteiger partial charge < -0.3 is 30.0 Å². The van der Waals surface area contributed by atoms with Crippen molar-refractivity contribution < 1.29 is 28.4 Å². The molecule has 41 heavy (non-hydrogen) atoms. The van der Waals surface area contributed by atoms with Gasteiger partial charge in [0.2, 0.25) is 5.91 Å². The number of halogens is 1. The number of anilines is 3. The summed E-state index contributed by atoms with van der Waals surface area (Å²) in [6, 6.07) is 20.0. The Labute approximate surface area is 238 Å². The number of oxazole rings is 1. The van der Waals surface area contributed by atoms with Gasteiger partial charge in [-0.05, 0) is 54.4 Å². The first-order chi connectivity index (χ1) is 19.7. The summed E-state index contributed by atoms with van der Waals surface area (Å²) in [5.41, 5.74) is 3.64. The minimum absolute atomic E-state index is 0.0540. The lowest BCUT2D eigenvalue weighted by atomic mass is 10.0. The van der Waals surface area contributed by atoms with Crippen molar-refractivity contribution in [2.75, 3.05) is 10.6 Å². The van der Waals surface area contributed by atoms with E-state index in [-0.39, 0.29) is 30.5 Å². The number of benzene rings is 3. The number of aryl methyl sites for hydroxylation is 1. The normalized spacial score (nSPS) is 11.7. The predicted molar refractivity (Wildman–Crippen MR) is 151 cm³/mol. The standard InChI is InChI=1S/C29H24ClN5O6/c1-16-12-24(35-41-16)28(39)32-23(15-27(37)38)18-7-9-19(10-8-18)31-26(36)14-17-6-11-22-25(13-17)40-29(34-22)33-21-5-3-2-4-20(21)30/h2-13,23H,14-15H2,1H3,(H,31,36)(H,32,39)(H,33,34)(H,37,38). The summed E-state index contributed by atoms with van der Waals surface area (Å²) in [5, 5.41) is 22.1. The fourth-order valence-electron chi connectivity index (χ4n) is 4.13. The van der Waals surface area contributed by atoms with E-state index in [4.69, 9.17) is 20.5 Å². The van der Waals surface area contributed by atoms with Crippen LogP contribution in [-0.2, 0) is 16.0 Å². The fourth-order valence-corrected chi connectivity index (χ4v) is 4.31. The van der Waals surface area contributed by atoms with Crippen molar-refractivity contribution >= 4 is 57.9 Å². The highest BCUT2D eigenvalue weighted by atomic mass is 35.5. The Bertz CT molecular complexity index is 1730. The summed E-state index contributed by atoms with van der Waals surface area (Å²) in [6.45, 7) is 1.65. The first kappa shape index (κ1) is 27.4. The van der Waals surface area contributed by atoms with E-state index in [1.54, 1.807) is 61.5 Å². The molecular weight excluding hydrogens is 550 g/mol. The molecule has 12 heteroatoms. The van der Waals surface area contributed by atoms with Crippen LogP contribution < -0.4 is 16.0 Å². The van der Waals surface area contributed by atoms with Gasteiger partial charge >= 0.3 is 5.97 Å². The Morgan fingerprint density at radius 1 is 1.02 bits per heavy atom. The number of fused-ring (bicyclic) bond motifs is 1. The number of nitrogens with one attached hydrogen (secondary N) is 3. The number of nitrogens with zero attached hydrogens (tertiary/aromatic N) is 2. The fraction of sp³-hybridized carbons (Fsp3) is 0.138. The average molecular weight is 574 g/mol. The molecule has 5 aromatic rings. The van der Waals surface area contributed by atoms with E-state index in [1.807, 2.05) is 12.1 Å². The van der Waals surface area contributed by atoms with E-state index < -0.39 is 17.9 Å². The molecule has 0 fully saturated rings. The van der Waals surface area contributed by atoms with Crippen molar-refractivity contribution in [3.05, 3.63) is 100 Å². The number of carbonyl (C=O) groups is 3. The number of aliphatic carboxylic acids is 1. The number of rotatable bonds is 10.